The van der Waals surface area contributed by atoms with E-state index in [9.17, 15) is 4.79 Å². The topological polar surface area (TPSA) is 102 Å². The van der Waals surface area contributed by atoms with Gasteiger partial charge in [-0.15, -0.1) is 0 Å². The summed E-state index contributed by atoms with van der Waals surface area (Å²) in [5, 5.41) is 6.30. The molecule has 0 atom stereocenters. The molecule has 0 aromatic carbocycles. The Balaban J connectivity index is 2.08. The number of hydrogen-bond acceptors (Lipinski definition) is 7. The van der Waals surface area contributed by atoms with Crippen LogP contribution in [0.15, 0.2) is 0 Å². The molecule has 16 heavy (non-hydrogen) atoms. The highest BCUT2D eigenvalue weighted by molar-refractivity contribution is 7.09. The van der Waals surface area contributed by atoms with E-state index in [1.807, 2.05) is 0 Å². The Labute approximate surface area is 97.6 Å². The van der Waals surface area contributed by atoms with Crippen LogP contribution in [0.25, 0.3) is 0 Å². The minimum absolute atomic E-state index is 0.0259. The lowest BCUT2D eigenvalue weighted by molar-refractivity contribution is -0.121. The molecule has 0 spiro atoms. The van der Waals surface area contributed by atoms with Crippen LogP contribution in [-0.4, -0.2) is 42.1 Å². The van der Waals surface area contributed by atoms with Crippen LogP contribution in [0.3, 0.4) is 0 Å². The van der Waals surface area contributed by atoms with Crippen LogP contribution in [0.1, 0.15) is 6.42 Å². The standard InChI is InChI=1S/C8H15N5O2S/c1-15-5-4-10-6(14)2-3-11-8-12-7(9)13-16-8/h2-5H2,1H3,(H,10,14)(H3,9,11,12,13). The second-order valence-electron chi connectivity index (χ2n) is 2.98. The molecule has 0 aliphatic heterocycles. The fourth-order valence-electron chi connectivity index (χ4n) is 0.971. The van der Waals surface area contributed by atoms with Gasteiger partial charge in [0.2, 0.25) is 17.0 Å². The van der Waals surface area contributed by atoms with Crippen LogP contribution in [-0.2, 0) is 9.53 Å². The highest BCUT2D eigenvalue weighted by atomic mass is 32.1. The molecule has 8 heteroatoms. The first-order valence-electron chi connectivity index (χ1n) is 4.81. The van der Waals surface area contributed by atoms with E-state index in [-0.39, 0.29) is 11.9 Å². The van der Waals surface area contributed by atoms with Gasteiger partial charge < -0.3 is 21.1 Å². The number of hydrogen-bond donors (Lipinski definition) is 3. The summed E-state index contributed by atoms with van der Waals surface area (Å²) in [7, 11) is 1.59. The van der Waals surface area contributed by atoms with Gasteiger partial charge in [0.25, 0.3) is 0 Å². The van der Waals surface area contributed by atoms with E-state index in [2.05, 4.69) is 20.0 Å². The molecule has 1 rings (SSSR count). The summed E-state index contributed by atoms with van der Waals surface area (Å²) in [6.07, 6.45) is 0.378. The molecule has 0 saturated carbocycles. The van der Waals surface area contributed by atoms with Crippen molar-refractivity contribution in [2.24, 2.45) is 0 Å². The monoisotopic (exact) mass is 245 g/mol. The molecule has 1 aromatic rings. The Morgan fingerprint density at radius 2 is 2.38 bits per heavy atom. The fourth-order valence-corrected chi connectivity index (χ4v) is 1.49. The van der Waals surface area contributed by atoms with E-state index in [0.717, 1.165) is 0 Å². The second-order valence-corrected chi connectivity index (χ2v) is 3.73. The molecule has 0 fully saturated rings. The Morgan fingerprint density at radius 1 is 1.56 bits per heavy atom. The maximum atomic E-state index is 11.2. The van der Waals surface area contributed by atoms with Crippen molar-refractivity contribution in [1.29, 1.82) is 0 Å². The summed E-state index contributed by atoms with van der Waals surface area (Å²) >= 11 is 1.17. The van der Waals surface area contributed by atoms with Crippen LogP contribution >= 0.6 is 11.5 Å². The smallest absolute Gasteiger partial charge is 0.233 e. The molecule has 1 aromatic heterocycles. The lowest BCUT2D eigenvalue weighted by Gasteiger charge is -2.04. The Kier molecular flexibility index (Phi) is 5.51. The lowest BCUT2D eigenvalue weighted by atomic mass is 10.4. The second kappa shape index (κ2) is 6.96. The minimum atomic E-state index is -0.0259. The summed E-state index contributed by atoms with van der Waals surface area (Å²) in [6, 6.07) is 0. The zero-order valence-corrected chi connectivity index (χ0v) is 9.84. The zero-order chi connectivity index (χ0) is 11.8. The molecule has 0 aliphatic carbocycles. The summed E-state index contributed by atoms with van der Waals surface area (Å²) < 4.78 is 8.61. The predicted molar refractivity (Wildman–Crippen MR) is 62.3 cm³/mol. The first-order valence-corrected chi connectivity index (χ1v) is 5.58. The van der Waals surface area contributed by atoms with Gasteiger partial charge in [-0.1, -0.05) is 0 Å². The quantitative estimate of drug-likeness (QED) is 0.569. The number of nitrogens with two attached hydrogens (primary N) is 1. The number of amides is 1. The van der Waals surface area contributed by atoms with Gasteiger partial charge >= 0.3 is 0 Å². The Morgan fingerprint density at radius 3 is 3.00 bits per heavy atom. The van der Waals surface area contributed by atoms with E-state index >= 15 is 0 Å². The minimum Gasteiger partial charge on any atom is -0.383 e. The molecule has 90 valence electrons. The van der Waals surface area contributed by atoms with Crippen molar-refractivity contribution >= 4 is 28.5 Å². The van der Waals surface area contributed by atoms with Gasteiger partial charge in [0.05, 0.1) is 6.61 Å². The van der Waals surface area contributed by atoms with Crippen LogP contribution in [0.5, 0.6) is 0 Å². The molecular formula is C8H15N5O2S. The van der Waals surface area contributed by atoms with Gasteiger partial charge in [0.15, 0.2) is 0 Å². The van der Waals surface area contributed by atoms with E-state index in [4.69, 9.17) is 10.5 Å². The number of anilines is 2. The molecular weight excluding hydrogens is 230 g/mol. The first-order chi connectivity index (χ1) is 7.72. The predicted octanol–water partition coefficient (Wildman–Crippen LogP) is -0.315. The number of nitrogens with one attached hydrogen (secondary N) is 2. The summed E-state index contributed by atoms with van der Waals surface area (Å²) in [5.74, 6) is 0.221. The van der Waals surface area contributed by atoms with Gasteiger partial charge in [-0.25, -0.2) is 0 Å². The third-order valence-electron chi connectivity index (χ3n) is 1.70. The number of carbonyl (C=O) groups excluding carboxylic acids is 1. The molecule has 0 radical (unpaired) electrons. The normalized spacial score (nSPS) is 10.1. The third-order valence-corrected chi connectivity index (χ3v) is 2.39. The SMILES string of the molecule is COCCNC(=O)CCNc1nc(N)ns1. The number of methoxy groups -OCH3 is 1. The average molecular weight is 245 g/mol. The van der Waals surface area contributed by atoms with Crippen molar-refractivity contribution in [2.75, 3.05) is 37.9 Å². The summed E-state index contributed by atoms with van der Waals surface area (Å²) in [4.78, 5) is 15.2. The molecule has 4 N–H and O–H groups in total. The van der Waals surface area contributed by atoms with E-state index in [1.54, 1.807) is 7.11 Å². The number of aromatic nitrogens is 2. The average Bonchev–Trinajstić information content (AvgIpc) is 2.65. The molecule has 7 nitrogen and oxygen atoms in total. The summed E-state index contributed by atoms with van der Waals surface area (Å²) in [6.45, 7) is 1.56. The van der Waals surface area contributed by atoms with Crippen molar-refractivity contribution in [3.8, 4) is 0 Å². The fraction of sp³-hybridized carbons (Fsp3) is 0.625. The highest BCUT2D eigenvalue weighted by Gasteiger charge is 2.02. The van der Waals surface area contributed by atoms with Crippen molar-refractivity contribution in [3.63, 3.8) is 0 Å². The number of ether oxygens (including phenoxy) is 1. The zero-order valence-electron chi connectivity index (χ0n) is 9.02. The van der Waals surface area contributed by atoms with Gasteiger partial charge in [0.1, 0.15) is 0 Å². The molecule has 0 unspecified atom stereocenters. The Bertz CT molecular complexity index is 330. The van der Waals surface area contributed by atoms with Crippen LogP contribution < -0.4 is 16.4 Å². The van der Waals surface area contributed by atoms with Crippen molar-refractivity contribution in [2.45, 2.75) is 6.42 Å². The number of nitrogen functional groups attached to an aromatic ring is 1. The number of rotatable bonds is 7. The molecule has 1 heterocycles. The highest BCUT2D eigenvalue weighted by Crippen LogP contribution is 2.10. The van der Waals surface area contributed by atoms with Crippen molar-refractivity contribution in [1.82, 2.24) is 14.7 Å². The van der Waals surface area contributed by atoms with Gasteiger partial charge in [-0.3, -0.25) is 4.79 Å². The van der Waals surface area contributed by atoms with Crippen molar-refractivity contribution in [3.05, 3.63) is 0 Å². The van der Waals surface area contributed by atoms with E-state index < -0.39 is 0 Å². The first kappa shape index (κ1) is 12.7. The van der Waals surface area contributed by atoms with E-state index in [1.165, 1.54) is 11.5 Å². The Hall–Kier alpha value is -1.41. The van der Waals surface area contributed by atoms with Crippen LogP contribution in [0, 0.1) is 0 Å². The third kappa shape index (κ3) is 4.89. The molecule has 0 saturated heterocycles. The lowest BCUT2D eigenvalue weighted by Crippen LogP contribution is -2.28. The maximum absolute atomic E-state index is 11.2. The maximum Gasteiger partial charge on any atom is 0.233 e. The summed E-state index contributed by atoms with van der Waals surface area (Å²) in [5.41, 5.74) is 5.35. The van der Waals surface area contributed by atoms with Gasteiger partial charge in [-0.2, -0.15) is 9.36 Å². The number of nitrogens with zero attached hydrogens (tertiary/aromatic N) is 2. The molecule has 1 amide bonds. The van der Waals surface area contributed by atoms with Gasteiger partial charge in [-0.05, 0) is 0 Å². The van der Waals surface area contributed by atoms with E-state index in [0.29, 0.717) is 31.2 Å². The largest absolute Gasteiger partial charge is 0.383 e. The van der Waals surface area contributed by atoms with Crippen LogP contribution in [0.2, 0.25) is 0 Å². The molecule has 0 bridgehead atoms. The molecule has 0 aliphatic rings. The van der Waals surface area contributed by atoms with Crippen LogP contribution in [0.4, 0.5) is 11.1 Å². The number of carbonyl (C=O) groups is 1. The van der Waals surface area contributed by atoms with Crippen molar-refractivity contribution < 1.29 is 9.53 Å². The van der Waals surface area contributed by atoms with Gasteiger partial charge in [0, 0.05) is 38.2 Å².